The van der Waals surface area contributed by atoms with E-state index in [2.05, 4.69) is 0 Å². The zero-order valence-electron chi connectivity index (χ0n) is 9.70. The maximum absolute atomic E-state index is 13.4. The number of hydrogen-bond acceptors (Lipinski definition) is 2. The molecule has 4 nitrogen and oxygen atoms in total. The van der Waals surface area contributed by atoms with E-state index in [1.54, 1.807) is 0 Å². The molecule has 1 aromatic carbocycles. The van der Waals surface area contributed by atoms with Gasteiger partial charge >= 0.3 is 10.2 Å². The van der Waals surface area contributed by atoms with E-state index >= 15 is 0 Å². The fourth-order valence-electron chi connectivity index (χ4n) is 1.89. The van der Waals surface area contributed by atoms with E-state index in [0.717, 1.165) is 31.4 Å². The quantitative estimate of drug-likeness (QED) is 0.919. The number of para-hydroxylation sites is 1. The number of halogens is 2. The molecule has 1 heterocycles. The molecule has 18 heavy (non-hydrogen) atoms. The summed E-state index contributed by atoms with van der Waals surface area (Å²) < 4.78 is 53.8. The monoisotopic (exact) mass is 276 g/mol. The summed E-state index contributed by atoms with van der Waals surface area (Å²) >= 11 is 0. The molecule has 0 unspecified atom stereocenters. The summed E-state index contributed by atoms with van der Waals surface area (Å²) in [7, 11) is -3.88. The van der Waals surface area contributed by atoms with Crippen LogP contribution in [0.25, 0.3) is 0 Å². The van der Waals surface area contributed by atoms with E-state index < -0.39 is 27.5 Å². The molecule has 1 aliphatic rings. The van der Waals surface area contributed by atoms with Gasteiger partial charge in [-0.15, -0.1) is 0 Å². The zero-order valence-corrected chi connectivity index (χ0v) is 10.5. The molecule has 0 saturated carbocycles. The van der Waals surface area contributed by atoms with Crippen LogP contribution in [0.5, 0.6) is 0 Å². The van der Waals surface area contributed by atoms with Crippen molar-refractivity contribution in [2.24, 2.45) is 0 Å². The Bertz CT molecular complexity index is 508. The summed E-state index contributed by atoms with van der Waals surface area (Å²) in [6.07, 6.45) is 2.50. The van der Waals surface area contributed by atoms with Crippen molar-refractivity contribution in [1.82, 2.24) is 4.31 Å². The third-order valence-electron chi connectivity index (χ3n) is 2.85. The van der Waals surface area contributed by atoms with Crippen molar-refractivity contribution in [3.8, 4) is 0 Å². The van der Waals surface area contributed by atoms with Gasteiger partial charge in [-0.3, -0.25) is 4.72 Å². The largest absolute Gasteiger partial charge is 0.301 e. The van der Waals surface area contributed by atoms with Gasteiger partial charge in [0.1, 0.15) is 17.3 Å². The molecular weight excluding hydrogens is 262 g/mol. The molecule has 0 aromatic heterocycles. The second-order valence-corrected chi connectivity index (χ2v) is 5.83. The molecule has 1 aliphatic heterocycles. The lowest BCUT2D eigenvalue weighted by Crippen LogP contribution is -2.39. The van der Waals surface area contributed by atoms with Crippen LogP contribution < -0.4 is 4.72 Å². The molecular formula is C11H14F2N2O2S. The van der Waals surface area contributed by atoms with Crippen LogP contribution in [0.15, 0.2) is 18.2 Å². The fourth-order valence-corrected chi connectivity index (χ4v) is 3.22. The van der Waals surface area contributed by atoms with Gasteiger partial charge in [0.05, 0.1) is 0 Å². The van der Waals surface area contributed by atoms with E-state index in [0.29, 0.717) is 13.1 Å². The first-order valence-corrected chi connectivity index (χ1v) is 7.16. The Kier molecular flexibility index (Phi) is 3.82. The van der Waals surface area contributed by atoms with Crippen molar-refractivity contribution in [1.29, 1.82) is 0 Å². The lowest BCUT2D eigenvalue weighted by molar-refractivity contribution is 0.348. The van der Waals surface area contributed by atoms with Crippen LogP contribution in [0, 0.1) is 11.6 Å². The van der Waals surface area contributed by atoms with Gasteiger partial charge in [0.25, 0.3) is 0 Å². The van der Waals surface area contributed by atoms with Crippen molar-refractivity contribution in [3.05, 3.63) is 29.8 Å². The van der Waals surface area contributed by atoms with E-state index in [1.165, 1.54) is 10.4 Å². The Morgan fingerprint density at radius 3 is 2.17 bits per heavy atom. The number of hydrogen-bond donors (Lipinski definition) is 1. The maximum Gasteiger partial charge on any atom is 0.301 e. The molecule has 1 aromatic rings. The van der Waals surface area contributed by atoms with Gasteiger partial charge in [0.2, 0.25) is 0 Å². The fraction of sp³-hybridized carbons (Fsp3) is 0.455. The van der Waals surface area contributed by atoms with Gasteiger partial charge in [-0.25, -0.2) is 8.78 Å². The Morgan fingerprint density at radius 2 is 1.61 bits per heavy atom. The molecule has 1 N–H and O–H groups in total. The predicted octanol–water partition coefficient (Wildman–Crippen LogP) is 2.11. The van der Waals surface area contributed by atoms with Crippen molar-refractivity contribution in [2.75, 3.05) is 17.8 Å². The number of rotatable bonds is 3. The second-order valence-electron chi connectivity index (χ2n) is 4.16. The van der Waals surface area contributed by atoms with E-state index in [4.69, 9.17) is 0 Å². The summed E-state index contributed by atoms with van der Waals surface area (Å²) in [4.78, 5) is 0. The lowest BCUT2D eigenvalue weighted by atomic mass is 10.2. The van der Waals surface area contributed by atoms with Gasteiger partial charge in [0.15, 0.2) is 0 Å². The molecule has 7 heteroatoms. The normalized spacial score (nSPS) is 17.7. The Balaban J connectivity index is 2.22. The van der Waals surface area contributed by atoms with Crippen molar-refractivity contribution < 1.29 is 17.2 Å². The first kappa shape index (κ1) is 13.2. The molecule has 0 spiro atoms. The molecule has 1 saturated heterocycles. The Morgan fingerprint density at radius 1 is 1.06 bits per heavy atom. The summed E-state index contributed by atoms with van der Waals surface area (Å²) in [5.41, 5.74) is -0.622. The maximum atomic E-state index is 13.4. The van der Waals surface area contributed by atoms with E-state index in [-0.39, 0.29) is 0 Å². The predicted molar refractivity (Wildman–Crippen MR) is 64.3 cm³/mol. The smallest absolute Gasteiger partial charge is 0.265 e. The van der Waals surface area contributed by atoms with Gasteiger partial charge < -0.3 is 0 Å². The van der Waals surface area contributed by atoms with Crippen LogP contribution in [0.2, 0.25) is 0 Å². The lowest BCUT2D eigenvalue weighted by Gasteiger charge is -2.26. The van der Waals surface area contributed by atoms with Crippen molar-refractivity contribution in [3.63, 3.8) is 0 Å². The third-order valence-corrected chi connectivity index (χ3v) is 4.36. The van der Waals surface area contributed by atoms with E-state index in [1.807, 2.05) is 4.72 Å². The molecule has 0 amide bonds. The molecule has 2 rings (SSSR count). The number of benzene rings is 1. The standard InChI is InChI=1S/C11H14F2N2O2S/c12-9-5-4-6-10(13)11(9)14-18(16,17)15-7-2-1-3-8-15/h4-6,14H,1-3,7-8H2. The van der Waals surface area contributed by atoms with Crippen LogP contribution in [0.3, 0.4) is 0 Å². The number of anilines is 1. The van der Waals surface area contributed by atoms with Gasteiger partial charge in [-0.1, -0.05) is 12.5 Å². The second kappa shape index (κ2) is 5.19. The summed E-state index contributed by atoms with van der Waals surface area (Å²) in [5, 5.41) is 0. The molecule has 0 radical (unpaired) electrons. The first-order valence-electron chi connectivity index (χ1n) is 5.72. The SMILES string of the molecule is O=S(=O)(Nc1c(F)cccc1F)N1CCCCC1. The van der Waals surface area contributed by atoms with Crippen LogP contribution in [-0.4, -0.2) is 25.8 Å². The molecule has 0 aliphatic carbocycles. The Hall–Kier alpha value is -1.21. The van der Waals surface area contributed by atoms with Gasteiger partial charge in [-0.05, 0) is 25.0 Å². The van der Waals surface area contributed by atoms with Crippen LogP contribution >= 0.6 is 0 Å². The van der Waals surface area contributed by atoms with Crippen LogP contribution in [0.4, 0.5) is 14.5 Å². The number of piperidine rings is 1. The molecule has 0 bridgehead atoms. The highest BCUT2D eigenvalue weighted by Gasteiger charge is 2.25. The number of nitrogens with zero attached hydrogens (tertiary/aromatic N) is 1. The topological polar surface area (TPSA) is 49.4 Å². The van der Waals surface area contributed by atoms with Crippen molar-refractivity contribution in [2.45, 2.75) is 19.3 Å². The molecule has 0 atom stereocenters. The summed E-state index contributed by atoms with van der Waals surface area (Å²) in [6.45, 7) is 0.761. The van der Waals surface area contributed by atoms with Crippen LogP contribution in [0.1, 0.15) is 19.3 Å². The minimum absolute atomic E-state index is 0.380. The van der Waals surface area contributed by atoms with E-state index in [9.17, 15) is 17.2 Å². The Labute approximate surface area is 105 Å². The van der Waals surface area contributed by atoms with Gasteiger partial charge in [0, 0.05) is 13.1 Å². The van der Waals surface area contributed by atoms with Crippen LogP contribution in [-0.2, 0) is 10.2 Å². The molecule has 100 valence electrons. The minimum atomic E-state index is -3.88. The van der Waals surface area contributed by atoms with Crippen molar-refractivity contribution >= 4 is 15.9 Å². The molecule has 1 fully saturated rings. The minimum Gasteiger partial charge on any atom is -0.265 e. The summed E-state index contributed by atoms with van der Waals surface area (Å²) in [6, 6.07) is 3.21. The highest BCUT2D eigenvalue weighted by atomic mass is 32.2. The zero-order chi connectivity index (χ0) is 13.2. The first-order chi connectivity index (χ1) is 8.50. The average Bonchev–Trinajstić information content (AvgIpc) is 2.35. The highest BCUT2D eigenvalue weighted by Crippen LogP contribution is 2.21. The van der Waals surface area contributed by atoms with Gasteiger partial charge in [-0.2, -0.15) is 12.7 Å². The average molecular weight is 276 g/mol. The summed E-state index contributed by atoms with van der Waals surface area (Å²) in [5.74, 6) is -1.84. The third kappa shape index (κ3) is 2.78. The number of nitrogens with one attached hydrogen (secondary N) is 1. The highest BCUT2D eigenvalue weighted by molar-refractivity contribution is 7.90.